The number of aryl methyl sites for hydroxylation is 1. The number of nitrogens with zero attached hydrogens (tertiary/aromatic N) is 3. The van der Waals surface area contributed by atoms with Crippen molar-refractivity contribution in [3.63, 3.8) is 0 Å². The van der Waals surface area contributed by atoms with Gasteiger partial charge in [0.15, 0.2) is 5.78 Å². The number of ketones is 1. The largest absolute Gasteiger partial charge is 0.497 e. The Hall–Kier alpha value is -12.6. The summed E-state index contributed by atoms with van der Waals surface area (Å²) in [5.74, 6) is -0.603. The molecule has 650 valence electrons. The molecule has 0 spiro atoms. The molecule has 2 aromatic heterocycles. The van der Waals surface area contributed by atoms with Gasteiger partial charge in [-0.25, -0.2) is 76.1 Å². The molecule has 0 saturated heterocycles. The lowest BCUT2D eigenvalue weighted by molar-refractivity contribution is -0.137. The SMILES string of the molecule is COC(=O)NS(=O)(=O)c1ccc(CC(=O)[C@@H](CC(C)C)N2CCCc3cc(Cl)ccc32)cc1.COC(=O)NS(=O)(=O)c1ccc(NC(=O)C(C)(C)n2ccc3c(F)cccc32)cc1.COC(=O)NS(=O)(=O)c1ccc(NC(=O)[C@@H](C)n2ccc3ccc(C(F)(F)F)cc32)cc1.COC(=O)NS(=O)(=O)c1ccc(NC(=O)c2ccc(OC)cc2)cc1.[HH].[HH].[HH].[HH].[HH].[HH]. The van der Waals surface area contributed by atoms with E-state index in [2.05, 4.69) is 53.6 Å². The predicted molar refractivity (Wildman–Crippen MR) is 450 cm³/mol. The van der Waals surface area contributed by atoms with Gasteiger partial charge in [-0.2, -0.15) is 13.2 Å². The Morgan fingerprint density at radius 2 is 1.01 bits per heavy atom. The van der Waals surface area contributed by atoms with E-state index in [-0.39, 0.29) is 75.2 Å². The molecule has 8 aromatic carbocycles. The average Bonchev–Trinajstić information content (AvgIpc) is 1.65. The number of carbonyl (C=O) groups is 8. The van der Waals surface area contributed by atoms with Gasteiger partial charge < -0.3 is 53.7 Å². The number of halogens is 5. The predicted octanol–water partition coefficient (Wildman–Crippen LogP) is 14.9. The van der Waals surface area contributed by atoms with E-state index < -0.39 is 93.7 Å². The number of methoxy groups -OCH3 is 5. The van der Waals surface area contributed by atoms with Crippen LogP contribution in [0.5, 0.6) is 5.75 Å². The highest BCUT2D eigenvalue weighted by Crippen LogP contribution is 2.36. The summed E-state index contributed by atoms with van der Waals surface area (Å²) >= 11 is 6.18. The summed E-state index contributed by atoms with van der Waals surface area (Å²) in [5.41, 5.74) is 3.29. The number of anilines is 4. The highest BCUT2D eigenvalue weighted by Gasteiger charge is 2.35. The van der Waals surface area contributed by atoms with E-state index in [9.17, 15) is 89.6 Å². The molecule has 1 aliphatic heterocycles. The van der Waals surface area contributed by atoms with E-state index in [4.69, 9.17) is 16.3 Å². The number of alkyl halides is 3. The second-order valence-corrected chi connectivity index (χ2v) is 34.3. The van der Waals surface area contributed by atoms with E-state index >= 15 is 0 Å². The Balaban J connectivity index is 0.000000563. The number of ether oxygens (including phenoxy) is 5. The maximum atomic E-state index is 14.0. The third-order valence-electron chi connectivity index (χ3n) is 18.2. The lowest BCUT2D eigenvalue weighted by atomic mass is 9.91. The summed E-state index contributed by atoms with van der Waals surface area (Å²) in [4.78, 5) is 97.3. The number of aromatic nitrogens is 2. The molecule has 0 bridgehead atoms. The second kappa shape index (κ2) is 39.8. The molecule has 0 unspecified atom stereocenters. The van der Waals surface area contributed by atoms with Crippen LogP contribution in [0.15, 0.2) is 220 Å². The smallest absolute Gasteiger partial charge is 0.420 e. The molecule has 0 fully saturated rings. The van der Waals surface area contributed by atoms with Gasteiger partial charge >= 0.3 is 30.5 Å². The Kier molecular flexibility index (Phi) is 30.8. The highest BCUT2D eigenvalue weighted by atomic mass is 35.5. The van der Waals surface area contributed by atoms with Crippen LogP contribution in [-0.4, -0.2) is 139 Å². The first-order chi connectivity index (χ1) is 56.4. The lowest BCUT2D eigenvalue weighted by Gasteiger charge is -2.38. The number of carbonyl (C=O) groups excluding carboxylic acids is 8. The normalized spacial score (nSPS) is 12.6. The summed E-state index contributed by atoms with van der Waals surface area (Å²) < 4.78 is 182. The molecule has 7 amide bonds. The van der Waals surface area contributed by atoms with Crippen molar-refractivity contribution in [2.75, 3.05) is 62.9 Å². The molecule has 1 aliphatic rings. The molecule has 31 nitrogen and oxygen atoms in total. The number of Topliss-reactive ketones (excluding diaryl/α,β-unsaturated/α-hetero) is 1. The van der Waals surface area contributed by atoms with Crippen LogP contribution in [0.3, 0.4) is 0 Å². The van der Waals surface area contributed by atoms with Gasteiger partial charge in [0.05, 0.1) is 72.3 Å². The first kappa shape index (κ1) is 92.9. The molecule has 3 heterocycles. The van der Waals surface area contributed by atoms with Gasteiger partial charge in [0.1, 0.15) is 23.1 Å². The molecule has 0 aliphatic carbocycles. The first-order valence-electron chi connectivity index (χ1n) is 35.9. The Bertz CT molecular complexity index is 5940. The van der Waals surface area contributed by atoms with Crippen molar-refractivity contribution in [2.45, 2.75) is 104 Å². The van der Waals surface area contributed by atoms with Crippen molar-refractivity contribution in [1.82, 2.24) is 28.0 Å². The van der Waals surface area contributed by atoms with E-state index in [0.29, 0.717) is 55.5 Å². The van der Waals surface area contributed by atoms with E-state index in [1.165, 1.54) is 122 Å². The van der Waals surface area contributed by atoms with Crippen LogP contribution < -0.4 is 44.5 Å². The molecule has 7 N–H and O–H groups in total. The number of hydrogen-bond donors (Lipinski definition) is 7. The van der Waals surface area contributed by atoms with E-state index in [0.717, 1.165) is 77.6 Å². The quantitative estimate of drug-likeness (QED) is 0.0231. The average molecular weight is 1770 g/mol. The molecule has 0 saturated carbocycles. The number of nitrogens with one attached hydrogen (secondary N) is 7. The first-order valence-corrected chi connectivity index (χ1v) is 42.2. The molecule has 11 rings (SSSR count). The number of fused-ring (bicyclic) bond motifs is 3. The van der Waals surface area contributed by atoms with Crippen LogP contribution in [0.25, 0.3) is 21.8 Å². The number of benzene rings is 8. The molecule has 40 heteroatoms. The van der Waals surface area contributed by atoms with Gasteiger partial charge in [0.25, 0.3) is 46.0 Å². The van der Waals surface area contributed by atoms with Crippen molar-refractivity contribution in [2.24, 2.45) is 5.92 Å². The zero-order chi connectivity index (χ0) is 88.4. The van der Waals surface area contributed by atoms with Crippen LogP contribution >= 0.6 is 11.6 Å². The standard InChI is InChI=1S/C24H29ClN2O5S.C20H18F3N3O5S.C20H20FN3O5S.C16H16N2O6S.6H2/c1-16(2)13-22(27-12-4-5-18-15-19(25)8-11-21(18)27)23(28)14-17-6-9-20(10-7-17)33(30,31)26-24(29)32-3;1-12(26-10-9-13-3-4-14(11-17(13)26)20(21,22)23)18(27)24-15-5-7-16(8-6-15)32(29,30)25-19(28)31-2;1-20(2,24-12-11-15-16(21)5-4-6-17(15)24)18(25)22-13-7-9-14(10-8-13)30(27,28)23-19(26)29-3;1-23-13-7-3-11(4-8-13)15(19)17-12-5-9-14(10-6-12)25(21,22)18-16(20)24-2;;;;;;/h6-11,15-16,22H,4-5,12-14H2,1-3H3,(H,26,29);3-12H,1-2H3,(H,24,27)(H,25,28);4-12H,1-3H3,(H,22,25)(H,23,26);3-10H,1-2H3,(H,17,19)(H,18,20);6*1H/t22-;12-;;;;;;;;/m11......../s1. The van der Waals surface area contributed by atoms with Crippen LogP contribution in [-0.2, 0) is 98.0 Å². The minimum absolute atomic E-state index is 0. The van der Waals surface area contributed by atoms with Crippen LogP contribution in [0.4, 0.5) is 59.5 Å². The fraction of sp³-hybridized carbons (Fsp3) is 0.250. The minimum Gasteiger partial charge on any atom is -0.497 e. The maximum absolute atomic E-state index is 14.0. The lowest BCUT2D eigenvalue weighted by Crippen LogP contribution is -2.45. The Labute approximate surface area is 702 Å². The number of rotatable bonds is 23. The molecule has 10 aromatic rings. The van der Waals surface area contributed by atoms with E-state index in [1.807, 2.05) is 18.2 Å². The molecule has 2 atom stereocenters. The third kappa shape index (κ3) is 24.3. The number of sulfonamides is 4. The summed E-state index contributed by atoms with van der Waals surface area (Å²) in [7, 11) is -10.6. The topological polar surface area (TPSA) is 417 Å². The second-order valence-electron chi connectivity index (χ2n) is 27.2. The molecule has 0 radical (unpaired) electrons. The summed E-state index contributed by atoms with van der Waals surface area (Å²) in [5, 5.41) is 9.59. The van der Waals surface area contributed by atoms with E-state index in [1.54, 1.807) is 104 Å². The van der Waals surface area contributed by atoms with Gasteiger partial charge in [0, 0.05) is 78.2 Å². The fourth-order valence-electron chi connectivity index (χ4n) is 11.9. The summed E-state index contributed by atoms with van der Waals surface area (Å²) in [6.07, 6.45) is -2.97. The van der Waals surface area contributed by atoms with Gasteiger partial charge in [-0.1, -0.05) is 49.7 Å². The van der Waals surface area contributed by atoms with Crippen LogP contribution in [0.1, 0.15) is 89.1 Å². The van der Waals surface area contributed by atoms with Crippen molar-refractivity contribution >= 4 is 144 Å². The molecular formula is C80H95ClF4N10O21S4. The zero-order valence-electron chi connectivity index (χ0n) is 65.8. The highest BCUT2D eigenvalue weighted by molar-refractivity contribution is 7.91. The van der Waals surface area contributed by atoms with Crippen molar-refractivity contribution < 1.29 is 122 Å². The van der Waals surface area contributed by atoms with Gasteiger partial charge in [-0.3, -0.25) is 19.2 Å². The van der Waals surface area contributed by atoms with Gasteiger partial charge in [-0.15, -0.1) is 0 Å². The van der Waals surface area contributed by atoms with Crippen LogP contribution in [0.2, 0.25) is 5.02 Å². The fourth-order valence-corrected chi connectivity index (χ4v) is 15.7. The number of amides is 7. The van der Waals surface area contributed by atoms with Crippen LogP contribution in [0, 0.1) is 11.7 Å². The van der Waals surface area contributed by atoms with Gasteiger partial charge in [0.2, 0.25) is 11.8 Å². The van der Waals surface area contributed by atoms with Crippen molar-refractivity contribution in [3.8, 4) is 5.75 Å². The van der Waals surface area contributed by atoms with Crippen molar-refractivity contribution in [1.29, 1.82) is 0 Å². The zero-order valence-corrected chi connectivity index (χ0v) is 69.8. The Morgan fingerprint density at radius 1 is 0.533 bits per heavy atom. The minimum atomic E-state index is -4.51. The van der Waals surface area contributed by atoms with Crippen molar-refractivity contribution in [3.05, 3.63) is 234 Å². The maximum Gasteiger partial charge on any atom is 0.420 e. The summed E-state index contributed by atoms with van der Waals surface area (Å²) in [6, 6.07) is 43.9. The molecule has 120 heavy (non-hydrogen) atoms. The molecular weight excluding hydrogens is 1680 g/mol. The summed E-state index contributed by atoms with van der Waals surface area (Å²) in [6.45, 7) is 9.89. The number of hydrogen-bond acceptors (Lipinski definition) is 22. The third-order valence-corrected chi connectivity index (χ3v) is 23.7. The van der Waals surface area contributed by atoms with Gasteiger partial charge in [-0.05, 0) is 226 Å². The monoisotopic (exact) mass is 1770 g/mol. The Morgan fingerprint density at radius 3 is 1.48 bits per heavy atom.